The van der Waals surface area contributed by atoms with Gasteiger partial charge in [0.1, 0.15) is 40.2 Å². The van der Waals surface area contributed by atoms with Crippen LogP contribution in [-0.2, 0) is 20.9 Å². The molecule has 0 aliphatic carbocycles. The number of aryl methyl sites for hydroxylation is 1. The first-order chi connectivity index (χ1) is 36.6. The fraction of sp³-hybridized carbons (Fsp3) is 0.189. The topological polar surface area (TPSA) is 111 Å². The fourth-order valence-corrected chi connectivity index (χ4v) is 9.58. The SMILES string of the molecule is COc1ccc(C(=O)c2ccc(Oc3ccc(C(c4ccc(Oc5ccc(SC(F)(F)C(F)(F)S(=O)(=O)[O-])c(Oc6ccc(C(c7ccc(C)cc7)(C(F)(F)F)C(F)(F)F)cc6)c5)cc4)(C(F)(F)F)C(F)(F)F)cc3)cc2)cc1.[K+]. The molecule has 0 aliphatic heterocycles. The van der Waals surface area contributed by atoms with E-state index in [9.17, 15) is 61.7 Å². The van der Waals surface area contributed by atoms with Crippen LogP contribution in [0.1, 0.15) is 43.7 Å². The third-order valence-electron chi connectivity index (χ3n) is 12.0. The van der Waals surface area contributed by atoms with E-state index in [1.807, 2.05) is 0 Å². The summed E-state index contributed by atoms with van der Waals surface area (Å²) >= 11 is -1.31. The second-order valence-electron chi connectivity index (χ2n) is 17.0. The molecule has 0 heterocycles. The predicted octanol–water partition coefficient (Wildman–Crippen LogP) is 13.3. The minimum absolute atomic E-state index is 0. The van der Waals surface area contributed by atoms with Crippen LogP contribution in [0.15, 0.2) is 169 Å². The normalized spacial score (nSPS) is 13.0. The number of benzene rings is 7. The third kappa shape index (κ3) is 12.3. The minimum Gasteiger partial charge on any atom is -0.743 e. The second-order valence-corrected chi connectivity index (χ2v) is 19.6. The van der Waals surface area contributed by atoms with Crippen LogP contribution in [0.5, 0.6) is 40.2 Å². The third-order valence-corrected chi connectivity index (χ3v) is 14.1. The largest absolute Gasteiger partial charge is 1.00 e. The molecule has 418 valence electrons. The Kier molecular flexibility index (Phi) is 18.4. The van der Waals surface area contributed by atoms with Crippen LogP contribution in [0.3, 0.4) is 0 Å². The van der Waals surface area contributed by atoms with Crippen LogP contribution in [-0.4, -0.2) is 61.1 Å². The number of carbonyl (C=O) groups excluding carboxylic acids is 1. The summed E-state index contributed by atoms with van der Waals surface area (Å²) in [4.78, 5) is 11.7. The van der Waals surface area contributed by atoms with Gasteiger partial charge in [-0.3, -0.25) is 4.79 Å². The molecule has 7 rings (SSSR count). The molecule has 0 saturated heterocycles. The van der Waals surface area contributed by atoms with Crippen molar-refractivity contribution < 1.29 is 158 Å². The number of hydrogen-bond acceptors (Lipinski definition) is 9. The van der Waals surface area contributed by atoms with Gasteiger partial charge in [0, 0.05) is 17.2 Å². The summed E-state index contributed by atoms with van der Waals surface area (Å²) in [5.74, 6) is -3.21. The summed E-state index contributed by atoms with van der Waals surface area (Å²) in [7, 11) is -5.67. The van der Waals surface area contributed by atoms with Crippen molar-refractivity contribution in [1.82, 2.24) is 0 Å². The van der Waals surface area contributed by atoms with Gasteiger partial charge < -0.3 is 23.5 Å². The van der Waals surface area contributed by atoms with E-state index in [0.29, 0.717) is 90.2 Å². The van der Waals surface area contributed by atoms with Crippen LogP contribution in [0.2, 0.25) is 0 Å². The Bertz CT molecular complexity index is 3380. The monoisotopic (exact) mass is 1200 g/mol. The van der Waals surface area contributed by atoms with E-state index >= 15 is 26.3 Å². The van der Waals surface area contributed by atoms with Crippen LogP contribution >= 0.6 is 11.8 Å². The number of rotatable bonds is 17. The molecule has 0 amide bonds. The summed E-state index contributed by atoms with van der Waals surface area (Å²) in [6.45, 7) is 1.39. The molecule has 27 heteroatoms. The molecule has 0 bridgehead atoms. The van der Waals surface area contributed by atoms with Gasteiger partial charge in [-0.1, -0.05) is 66.2 Å². The Labute approximate surface area is 490 Å². The van der Waals surface area contributed by atoms with Crippen LogP contribution in [0, 0.1) is 6.92 Å². The molecular formula is C53H33F16KO8S2. The van der Waals surface area contributed by atoms with Crippen molar-refractivity contribution in [2.75, 3.05) is 7.11 Å². The van der Waals surface area contributed by atoms with E-state index < -0.39 is 118 Å². The Morgan fingerprint density at radius 1 is 0.438 bits per heavy atom. The number of carbonyl (C=O) groups is 1. The Balaban J connectivity index is 0.0000103. The maximum Gasteiger partial charge on any atom is 1.00 e. The zero-order valence-corrected chi connectivity index (χ0v) is 45.5. The number of methoxy groups -OCH3 is 1. The van der Waals surface area contributed by atoms with Crippen molar-refractivity contribution in [2.45, 2.75) is 57.9 Å². The molecule has 0 aromatic heterocycles. The van der Waals surface area contributed by atoms with Crippen molar-refractivity contribution in [2.24, 2.45) is 0 Å². The van der Waals surface area contributed by atoms with Gasteiger partial charge in [0.25, 0.3) is 0 Å². The van der Waals surface area contributed by atoms with Gasteiger partial charge in [0.15, 0.2) is 15.9 Å². The quantitative estimate of drug-likeness (QED) is 0.0289. The molecule has 0 radical (unpaired) electrons. The number of hydrogen-bond donors (Lipinski definition) is 0. The average molecular weight is 1210 g/mol. The number of alkyl halides is 16. The van der Waals surface area contributed by atoms with Gasteiger partial charge in [0.05, 0.1) is 12.0 Å². The molecule has 7 aromatic carbocycles. The number of thioether (sulfide) groups is 1. The molecule has 0 unspecified atom stereocenters. The first-order valence-corrected chi connectivity index (χ1v) is 24.3. The Morgan fingerprint density at radius 3 is 1.07 bits per heavy atom. The molecule has 0 aliphatic rings. The van der Waals surface area contributed by atoms with Gasteiger partial charge >= 0.3 is 86.6 Å². The first-order valence-electron chi connectivity index (χ1n) is 22.1. The van der Waals surface area contributed by atoms with E-state index in [1.165, 1.54) is 50.4 Å². The molecule has 80 heavy (non-hydrogen) atoms. The van der Waals surface area contributed by atoms with Gasteiger partial charge in [-0.25, -0.2) is 8.42 Å². The smallest absolute Gasteiger partial charge is 0.743 e. The predicted molar refractivity (Wildman–Crippen MR) is 251 cm³/mol. The number of ketones is 1. The summed E-state index contributed by atoms with van der Waals surface area (Å²) in [6, 6.07) is 22.5. The maximum atomic E-state index is 15.1. The minimum atomic E-state index is -7.11. The summed E-state index contributed by atoms with van der Waals surface area (Å²) in [5.41, 5.74) is -14.1. The first kappa shape index (κ1) is 63.4. The Morgan fingerprint density at radius 2 is 0.738 bits per heavy atom. The molecule has 8 nitrogen and oxygen atoms in total. The molecule has 0 fully saturated rings. The van der Waals surface area contributed by atoms with Crippen LogP contribution in [0.4, 0.5) is 70.2 Å². The van der Waals surface area contributed by atoms with E-state index in [-0.39, 0.29) is 91.9 Å². The van der Waals surface area contributed by atoms with E-state index in [1.54, 1.807) is 12.1 Å². The van der Waals surface area contributed by atoms with E-state index in [2.05, 4.69) is 0 Å². The van der Waals surface area contributed by atoms with Gasteiger partial charge in [0.2, 0.25) is 10.8 Å². The molecule has 0 spiro atoms. The van der Waals surface area contributed by atoms with Crippen molar-refractivity contribution in [3.8, 4) is 40.2 Å². The zero-order valence-electron chi connectivity index (χ0n) is 40.7. The maximum absolute atomic E-state index is 15.1. The van der Waals surface area contributed by atoms with Crippen molar-refractivity contribution in [1.29, 1.82) is 0 Å². The van der Waals surface area contributed by atoms with Crippen LogP contribution < -0.4 is 70.3 Å². The molecular weight excluding hydrogens is 1170 g/mol. The molecule has 0 N–H and O–H groups in total. The van der Waals surface area contributed by atoms with Crippen molar-refractivity contribution in [3.63, 3.8) is 0 Å². The zero-order chi connectivity index (χ0) is 58.4. The van der Waals surface area contributed by atoms with E-state index in [4.69, 9.17) is 18.9 Å². The van der Waals surface area contributed by atoms with Gasteiger partial charge in [-0.05, 0) is 138 Å². The average Bonchev–Trinajstić information content (AvgIpc) is 3.23. The second kappa shape index (κ2) is 23.2. The summed E-state index contributed by atoms with van der Waals surface area (Å²) < 4.78 is 293. The van der Waals surface area contributed by atoms with Crippen LogP contribution in [0.25, 0.3) is 0 Å². The van der Waals surface area contributed by atoms with Gasteiger partial charge in [-0.2, -0.15) is 70.2 Å². The van der Waals surface area contributed by atoms with E-state index in [0.717, 1.165) is 24.3 Å². The standard InChI is InChI=1S/C53H34F16O8S2.K/c1-30-3-9-33(10-4-30)46(48(54,55)56,49(57,58)59)36-15-25-41(26-16-36)77-43-29-42(27-28-44(43)78-52(66,67)53(68,69)79(71,72)73)76-40-23-13-35(14-24-40)47(50(60,61)62,51(63,64)65)34-11-21-39(22-12-34)75-38-19-7-32(8-20-38)45(70)31-5-17-37(74-2)18-6-31;/h3-29H,1-2H3,(H,71,72,73);/q;+1/p-1. The molecule has 7 aromatic rings. The van der Waals surface area contributed by atoms with Gasteiger partial charge in [-0.15, -0.1) is 0 Å². The summed E-state index contributed by atoms with van der Waals surface area (Å²) in [5, 5.41) is -12.2. The Hall–Kier alpha value is -5.81. The number of halogens is 16. The molecule has 0 saturated carbocycles. The van der Waals surface area contributed by atoms with Crippen molar-refractivity contribution >= 4 is 27.7 Å². The van der Waals surface area contributed by atoms with Crippen molar-refractivity contribution in [3.05, 3.63) is 203 Å². The fourth-order valence-electron chi connectivity index (χ4n) is 8.13. The molecule has 0 atom stereocenters. The number of ether oxygens (including phenoxy) is 4. The summed E-state index contributed by atoms with van der Waals surface area (Å²) in [6.07, 6.45) is -24.4.